The summed E-state index contributed by atoms with van der Waals surface area (Å²) in [4.78, 5) is 17.1. The number of ether oxygens (including phenoxy) is 1. The summed E-state index contributed by atoms with van der Waals surface area (Å²) in [5.41, 5.74) is 1.98. The molecule has 180 valence electrons. The highest BCUT2D eigenvalue weighted by Crippen LogP contribution is 2.35. The molecular weight excluding hydrogens is 441 g/mol. The number of nitrogens with one attached hydrogen (secondary N) is 1. The molecule has 2 aromatic carbocycles. The van der Waals surface area contributed by atoms with Gasteiger partial charge in [0.1, 0.15) is 23.7 Å². The minimum atomic E-state index is -0.951. The summed E-state index contributed by atoms with van der Waals surface area (Å²) in [6.07, 6.45) is 1.57. The second-order valence-electron chi connectivity index (χ2n) is 8.19. The molecule has 2 aromatic rings. The quantitative estimate of drug-likeness (QED) is 0.526. The van der Waals surface area contributed by atoms with Crippen LogP contribution in [-0.2, 0) is 12.1 Å². The van der Waals surface area contributed by atoms with E-state index >= 15 is 0 Å². The van der Waals surface area contributed by atoms with E-state index in [-0.39, 0.29) is 24.9 Å². The number of hydrogen-bond donors (Lipinski definition) is 1. The molecule has 0 aromatic heterocycles. The molecule has 0 saturated heterocycles. The van der Waals surface area contributed by atoms with Gasteiger partial charge in [-0.25, -0.2) is 4.39 Å². The van der Waals surface area contributed by atoms with Crippen LogP contribution >= 0.6 is 0 Å². The van der Waals surface area contributed by atoms with Crippen LogP contribution in [0.5, 0.6) is 5.75 Å². The molecule has 1 unspecified atom stereocenters. The van der Waals surface area contributed by atoms with Gasteiger partial charge in [0.2, 0.25) is 0 Å². The number of fused-ring (bicyclic) bond motifs is 1. The Hall–Kier alpha value is -4.16. The van der Waals surface area contributed by atoms with Gasteiger partial charge in [-0.3, -0.25) is 4.79 Å². The van der Waals surface area contributed by atoms with Crippen molar-refractivity contribution >= 4 is 5.91 Å². The van der Waals surface area contributed by atoms with Crippen molar-refractivity contribution in [1.29, 1.82) is 0 Å². The van der Waals surface area contributed by atoms with Gasteiger partial charge in [0.05, 0.1) is 13.1 Å². The van der Waals surface area contributed by atoms with Crippen molar-refractivity contribution in [3.63, 3.8) is 0 Å². The second kappa shape index (κ2) is 11.3. The lowest BCUT2D eigenvalue weighted by molar-refractivity contribution is 0.0728. The third-order valence-electron chi connectivity index (χ3n) is 6.00. The van der Waals surface area contributed by atoms with Crippen LogP contribution in [0.4, 0.5) is 4.39 Å². The van der Waals surface area contributed by atoms with Gasteiger partial charge >= 0.3 is 0 Å². The molecule has 1 aliphatic heterocycles. The van der Waals surface area contributed by atoms with E-state index in [4.69, 9.17) is 4.74 Å². The molecule has 0 bridgehead atoms. The first-order valence-electron chi connectivity index (χ1n) is 11.3. The summed E-state index contributed by atoms with van der Waals surface area (Å²) < 4.78 is 19.5. The fraction of sp³-hybridized carbons (Fsp3) is 0.276. The van der Waals surface area contributed by atoms with Crippen molar-refractivity contribution < 1.29 is 13.9 Å². The molecule has 1 N–H and O–H groups in total. The van der Waals surface area contributed by atoms with Crippen molar-refractivity contribution in [3.05, 3.63) is 90.0 Å². The zero-order valence-electron chi connectivity index (χ0n) is 20.5. The molecule has 0 radical (unpaired) electrons. The standard InChI is InChI=1S/C29H30FN3O2/c1-6-9-17-32(5)22(4)29(31-8-3,24-11-13-25(30)14-12-24)21-33-20-23-19-26(35-18-10-7-2)15-16-27(23)28(33)34/h8,11-16,19,31H,3-4,17-18,20-21H2,1-2,5H3. The highest BCUT2D eigenvalue weighted by Gasteiger charge is 2.41. The first-order valence-corrected chi connectivity index (χ1v) is 11.3. The molecule has 0 spiro atoms. The summed E-state index contributed by atoms with van der Waals surface area (Å²) in [7, 11) is 1.89. The smallest absolute Gasteiger partial charge is 0.254 e. The Morgan fingerprint density at radius 2 is 1.94 bits per heavy atom. The van der Waals surface area contributed by atoms with Crippen LogP contribution in [0.15, 0.2) is 67.5 Å². The lowest BCUT2D eigenvalue weighted by atomic mass is 9.85. The van der Waals surface area contributed by atoms with Crippen molar-refractivity contribution in [2.75, 3.05) is 26.7 Å². The van der Waals surface area contributed by atoms with Crippen LogP contribution in [0, 0.1) is 29.5 Å². The van der Waals surface area contributed by atoms with Gasteiger partial charge in [0.15, 0.2) is 0 Å². The van der Waals surface area contributed by atoms with Crippen molar-refractivity contribution in [2.24, 2.45) is 0 Å². The molecule has 1 heterocycles. The van der Waals surface area contributed by atoms with Crippen LogP contribution in [0.3, 0.4) is 0 Å². The van der Waals surface area contributed by atoms with E-state index < -0.39 is 5.54 Å². The van der Waals surface area contributed by atoms with E-state index in [0.717, 1.165) is 11.1 Å². The maximum absolute atomic E-state index is 13.8. The van der Waals surface area contributed by atoms with E-state index in [0.29, 0.717) is 30.1 Å². The van der Waals surface area contributed by atoms with E-state index in [2.05, 4.69) is 42.2 Å². The zero-order chi connectivity index (χ0) is 25.4. The number of rotatable bonds is 10. The molecule has 1 atom stereocenters. The van der Waals surface area contributed by atoms with Gasteiger partial charge < -0.3 is 19.9 Å². The number of hydrogen-bond acceptors (Lipinski definition) is 4. The molecule has 0 saturated carbocycles. The summed E-state index contributed by atoms with van der Waals surface area (Å²) in [5.74, 6) is 11.8. The number of likely N-dealkylation sites (N-methyl/N-ethyl adjacent to an activating group) is 1. The Balaban J connectivity index is 1.98. The number of carbonyl (C=O) groups excluding carboxylic acids is 1. The minimum Gasteiger partial charge on any atom is -0.481 e. The number of carbonyl (C=O) groups is 1. The molecule has 35 heavy (non-hydrogen) atoms. The van der Waals surface area contributed by atoms with E-state index in [1.807, 2.05) is 18.0 Å². The van der Waals surface area contributed by atoms with Gasteiger partial charge in [0.25, 0.3) is 5.91 Å². The Morgan fingerprint density at radius 3 is 2.60 bits per heavy atom. The monoisotopic (exact) mass is 471 g/mol. The third kappa shape index (κ3) is 5.50. The Kier molecular flexibility index (Phi) is 8.23. The second-order valence-corrected chi connectivity index (χ2v) is 8.19. The van der Waals surface area contributed by atoms with E-state index in [9.17, 15) is 9.18 Å². The first kappa shape index (κ1) is 25.5. The lowest BCUT2D eigenvalue weighted by Crippen LogP contribution is -2.53. The zero-order valence-corrected chi connectivity index (χ0v) is 20.5. The Labute approximate surface area is 207 Å². The van der Waals surface area contributed by atoms with Gasteiger partial charge in [0, 0.05) is 24.9 Å². The molecule has 3 rings (SSSR count). The lowest BCUT2D eigenvalue weighted by Gasteiger charge is -2.42. The highest BCUT2D eigenvalue weighted by atomic mass is 19.1. The Morgan fingerprint density at radius 1 is 1.23 bits per heavy atom. The largest absolute Gasteiger partial charge is 0.481 e. The maximum Gasteiger partial charge on any atom is 0.254 e. The predicted octanol–water partition coefficient (Wildman–Crippen LogP) is 4.28. The summed E-state index contributed by atoms with van der Waals surface area (Å²) in [5, 5.41) is 3.33. The molecule has 5 nitrogen and oxygen atoms in total. The average Bonchev–Trinajstić information content (AvgIpc) is 3.16. The highest BCUT2D eigenvalue weighted by molar-refractivity contribution is 5.98. The molecule has 6 heteroatoms. The van der Waals surface area contributed by atoms with E-state index in [1.54, 1.807) is 49.2 Å². The SMILES string of the molecule is C=CNC(CN1Cc2cc(OCC#CC)ccc2C1=O)(C(=C)N(C)CC#CC)c1ccc(F)cc1. The molecule has 1 aliphatic rings. The van der Waals surface area contributed by atoms with E-state index in [1.165, 1.54) is 12.1 Å². The summed E-state index contributed by atoms with van der Waals surface area (Å²) >= 11 is 0. The fourth-order valence-electron chi connectivity index (χ4n) is 4.14. The van der Waals surface area contributed by atoms with Crippen LogP contribution in [0.1, 0.15) is 35.3 Å². The van der Waals surface area contributed by atoms with Gasteiger partial charge in [-0.05, 0) is 61.5 Å². The number of nitrogens with zero attached hydrogens (tertiary/aromatic N) is 2. The van der Waals surface area contributed by atoms with Crippen LogP contribution in [0.2, 0.25) is 0 Å². The number of benzene rings is 2. The van der Waals surface area contributed by atoms with Crippen molar-refractivity contribution in [2.45, 2.75) is 25.9 Å². The number of halogens is 1. The summed E-state index contributed by atoms with van der Waals surface area (Å²) in [6.45, 7) is 13.1. The normalized spacial score (nSPS) is 13.4. The first-order chi connectivity index (χ1) is 16.9. The third-order valence-corrected chi connectivity index (χ3v) is 6.00. The molecule has 1 amide bonds. The topological polar surface area (TPSA) is 44.8 Å². The summed E-state index contributed by atoms with van der Waals surface area (Å²) in [6, 6.07) is 11.6. The fourth-order valence-corrected chi connectivity index (χ4v) is 4.14. The number of amides is 1. The van der Waals surface area contributed by atoms with Crippen molar-refractivity contribution in [1.82, 2.24) is 15.1 Å². The molecule has 0 fully saturated rings. The molecule has 0 aliphatic carbocycles. The minimum absolute atomic E-state index is 0.0962. The average molecular weight is 472 g/mol. The Bertz CT molecular complexity index is 1230. The van der Waals surface area contributed by atoms with Crippen LogP contribution in [0.25, 0.3) is 0 Å². The van der Waals surface area contributed by atoms with Crippen LogP contribution in [-0.4, -0.2) is 42.5 Å². The van der Waals surface area contributed by atoms with Crippen LogP contribution < -0.4 is 10.1 Å². The van der Waals surface area contributed by atoms with Gasteiger partial charge in [-0.15, -0.1) is 11.8 Å². The molecular formula is C29H30FN3O2. The van der Waals surface area contributed by atoms with Crippen molar-refractivity contribution in [3.8, 4) is 29.4 Å². The predicted molar refractivity (Wildman–Crippen MR) is 137 cm³/mol. The van der Waals surface area contributed by atoms with Gasteiger partial charge in [-0.2, -0.15) is 0 Å². The van der Waals surface area contributed by atoms with Gasteiger partial charge in [-0.1, -0.05) is 37.1 Å². The maximum atomic E-state index is 13.8.